The summed E-state index contributed by atoms with van der Waals surface area (Å²) in [4.78, 5) is 9.12. The summed E-state index contributed by atoms with van der Waals surface area (Å²) in [6.45, 7) is 4.03. The fourth-order valence-corrected chi connectivity index (χ4v) is 2.44. The van der Waals surface area contributed by atoms with E-state index in [1.165, 1.54) is 11.8 Å². The number of hydrogen-bond donors (Lipinski definition) is 0. The third-order valence-electron chi connectivity index (χ3n) is 2.50. The zero-order valence-corrected chi connectivity index (χ0v) is 10.2. The first-order valence-corrected chi connectivity index (χ1v) is 5.77. The molecule has 0 spiro atoms. The van der Waals surface area contributed by atoms with Gasteiger partial charge in [-0.2, -0.15) is 10.5 Å². The van der Waals surface area contributed by atoms with E-state index < -0.39 is 0 Å². The SMILES string of the molecule is Cc1csc(-c2cnc(C#N)c(C#N)n2)c1C. The van der Waals surface area contributed by atoms with Crippen molar-refractivity contribution in [2.24, 2.45) is 0 Å². The summed E-state index contributed by atoms with van der Waals surface area (Å²) in [5.74, 6) is 0. The summed E-state index contributed by atoms with van der Waals surface area (Å²) in [5.41, 5.74) is 3.13. The molecule has 0 aliphatic carbocycles. The van der Waals surface area contributed by atoms with Crippen molar-refractivity contribution in [3.8, 4) is 22.7 Å². The molecule has 0 unspecified atom stereocenters. The second-order valence-electron chi connectivity index (χ2n) is 3.55. The highest BCUT2D eigenvalue weighted by atomic mass is 32.1. The number of thiophene rings is 1. The summed E-state index contributed by atoms with van der Waals surface area (Å²) >= 11 is 1.57. The smallest absolute Gasteiger partial charge is 0.177 e. The largest absolute Gasteiger partial charge is 0.240 e. The van der Waals surface area contributed by atoms with Gasteiger partial charge in [0.2, 0.25) is 0 Å². The Balaban J connectivity index is 2.60. The quantitative estimate of drug-likeness (QED) is 0.767. The summed E-state index contributed by atoms with van der Waals surface area (Å²) in [5, 5.41) is 19.7. The van der Waals surface area contributed by atoms with Gasteiger partial charge in [0.1, 0.15) is 17.8 Å². The zero-order valence-electron chi connectivity index (χ0n) is 9.35. The van der Waals surface area contributed by atoms with Crippen molar-refractivity contribution >= 4 is 11.3 Å². The Labute approximate surface area is 103 Å². The molecule has 82 valence electrons. The molecule has 0 saturated heterocycles. The van der Waals surface area contributed by atoms with E-state index in [1.807, 2.05) is 31.4 Å². The number of nitrogens with zero attached hydrogens (tertiary/aromatic N) is 4. The molecule has 0 saturated carbocycles. The van der Waals surface area contributed by atoms with Crippen molar-refractivity contribution in [3.63, 3.8) is 0 Å². The molecule has 0 radical (unpaired) electrons. The van der Waals surface area contributed by atoms with Gasteiger partial charge in [-0.05, 0) is 30.4 Å². The van der Waals surface area contributed by atoms with Gasteiger partial charge in [0.25, 0.3) is 0 Å². The van der Waals surface area contributed by atoms with Crippen molar-refractivity contribution < 1.29 is 0 Å². The number of nitriles is 2. The van der Waals surface area contributed by atoms with Crippen LogP contribution in [0.5, 0.6) is 0 Å². The van der Waals surface area contributed by atoms with Gasteiger partial charge in [0.15, 0.2) is 11.4 Å². The maximum Gasteiger partial charge on any atom is 0.177 e. The Morgan fingerprint density at radius 3 is 2.41 bits per heavy atom. The van der Waals surface area contributed by atoms with Crippen LogP contribution in [0.3, 0.4) is 0 Å². The lowest BCUT2D eigenvalue weighted by Crippen LogP contribution is -1.95. The molecule has 4 nitrogen and oxygen atoms in total. The van der Waals surface area contributed by atoms with Crippen molar-refractivity contribution in [2.45, 2.75) is 13.8 Å². The molecular formula is C12H8N4S. The van der Waals surface area contributed by atoms with Crippen molar-refractivity contribution in [2.75, 3.05) is 0 Å². The van der Waals surface area contributed by atoms with Crippen LogP contribution in [0.4, 0.5) is 0 Å². The van der Waals surface area contributed by atoms with Gasteiger partial charge < -0.3 is 0 Å². The maximum atomic E-state index is 8.90. The molecule has 2 aromatic heterocycles. The van der Waals surface area contributed by atoms with Gasteiger partial charge >= 0.3 is 0 Å². The summed E-state index contributed by atoms with van der Waals surface area (Å²) in [6.07, 6.45) is 1.54. The average molecular weight is 240 g/mol. The van der Waals surface area contributed by atoms with E-state index in [2.05, 4.69) is 9.97 Å². The van der Waals surface area contributed by atoms with Crippen LogP contribution in [-0.4, -0.2) is 9.97 Å². The van der Waals surface area contributed by atoms with Gasteiger partial charge in [-0.25, -0.2) is 9.97 Å². The normalized spacial score (nSPS) is 9.65. The van der Waals surface area contributed by atoms with E-state index in [1.54, 1.807) is 11.3 Å². The van der Waals surface area contributed by atoms with Crippen LogP contribution >= 0.6 is 11.3 Å². The Morgan fingerprint density at radius 1 is 1.18 bits per heavy atom. The van der Waals surface area contributed by atoms with Crippen molar-refractivity contribution in [3.05, 3.63) is 34.1 Å². The lowest BCUT2D eigenvalue weighted by molar-refractivity contribution is 1.13. The first-order chi connectivity index (χ1) is 8.17. The fourth-order valence-electron chi connectivity index (χ4n) is 1.41. The first-order valence-electron chi connectivity index (χ1n) is 4.89. The topological polar surface area (TPSA) is 73.4 Å². The second kappa shape index (κ2) is 4.32. The van der Waals surface area contributed by atoms with E-state index in [0.717, 1.165) is 10.4 Å². The van der Waals surface area contributed by atoms with E-state index in [4.69, 9.17) is 10.5 Å². The van der Waals surface area contributed by atoms with Crippen LogP contribution < -0.4 is 0 Å². The lowest BCUT2D eigenvalue weighted by atomic mass is 10.1. The summed E-state index contributed by atoms with van der Waals surface area (Å²) < 4.78 is 0. The third-order valence-corrected chi connectivity index (χ3v) is 3.73. The van der Waals surface area contributed by atoms with Crippen LogP contribution in [0.25, 0.3) is 10.6 Å². The minimum absolute atomic E-state index is 0.0715. The first kappa shape index (κ1) is 11.3. The monoisotopic (exact) mass is 240 g/mol. The van der Waals surface area contributed by atoms with Gasteiger partial charge in [0.05, 0.1) is 11.1 Å². The highest BCUT2D eigenvalue weighted by Crippen LogP contribution is 2.30. The number of hydrogen-bond acceptors (Lipinski definition) is 5. The van der Waals surface area contributed by atoms with Gasteiger partial charge in [0, 0.05) is 0 Å². The molecule has 0 amide bonds. The van der Waals surface area contributed by atoms with Gasteiger partial charge in [-0.15, -0.1) is 11.3 Å². The molecule has 2 heterocycles. The Kier molecular flexibility index (Phi) is 2.86. The van der Waals surface area contributed by atoms with E-state index in [-0.39, 0.29) is 11.4 Å². The number of rotatable bonds is 1. The standard InChI is InChI=1S/C12H8N4S/c1-7-6-17-12(8(7)2)11-5-15-9(3-13)10(4-14)16-11/h5-6H,1-2H3. The third kappa shape index (κ3) is 1.89. The molecule has 2 aromatic rings. The van der Waals surface area contributed by atoms with Crippen LogP contribution in [0.15, 0.2) is 11.6 Å². The Hall–Kier alpha value is -2.24. The van der Waals surface area contributed by atoms with Crippen molar-refractivity contribution in [1.82, 2.24) is 9.97 Å². The maximum absolute atomic E-state index is 8.90. The van der Waals surface area contributed by atoms with Gasteiger partial charge in [-0.3, -0.25) is 0 Å². The highest BCUT2D eigenvalue weighted by Gasteiger charge is 2.12. The van der Waals surface area contributed by atoms with Crippen LogP contribution in [0, 0.1) is 36.5 Å². The van der Waals surface area contributed by atoms with Crippen molar-refractivity contribution in [1.29, 1.82) is 10.5 Å². The molecule has 0 aromatic carbocycles. The molecule has 0 N–H and O–H groups in total. The second-order valence-corrected chi connectivity index (χ2v) is 4.43. The minimum atomic E-state index is 0.0715. The number of aryl methyl sites for hydroxylation is 1. The molecule has 2 rings (SSSR count). The highest BCUT2D eigenvalue weighted by molar-refractivity contribution is 7.13. The molecule has 0 fully saturated rings. The summed E-state index contributed by atoms with van der Waals surface area (Å²) in [6, 6.07) is 3.74. The average Bonchev–Trinajstić information content (AvgIpc) is 2.69. The summed E-state index contributed by atoms with van der Waals surface area (Å²) in [7, 11) is 0. The van der Waals surface area contributed by atoms with Crippen LogP contribution in [-0.2, 0) is 0 Å². The van der Waals surface area contributed by atoms with Crippen LogP contribution in [0.1, 0.15) is 22.5 Å². The van der Waals surface area contributed by atoms with E-state index in [9.17, 15) is 0 Å². The zero-order chi connectivity index (χ0) is 12.4. The molecular weight excluding hydrogens is 232 g/mol. The lowest BCUT2D eigenvalue weighted by Gasteiger charge is -2.00. The molecule has 0 aliphatic heterocycles. The number of aromatic nitrogens is 2. The van der Waals surface area contributed by atoms with E-state index in [0.29, 0.717) is 5.69 Å². The molecule has 0 atom stereocenters. The predicted octanol–water partition coefficient (Wildman–Crippen LogP) is 2.57. The predicted molar refractivity (Wildman–Crippen MR) is 64.2 cm³/mol. The molecule has 17 heavy (non-hydrogen) atoms. The molecule has 0 bridgehead atoms. The fraction of sp³-hybridized carbons (Fsp3) is 0.167. The van der Waals surface area contributed by atoms with Crippen LogP contribution in [0.2, 0.25) is 0 Å². The molecule has 0 aliphatic rings. The van der Waals surface area contributed by atoms with Gasteiger partial charge in [-0.1, -0.05) is 0 Å². The minimum Gasteiger partial charge on any atom is -0.240 e. The Morgan fingerprint density at radius 2 is 1.88 bits per heavy atom. The van der Waals surface area contributed by atoms with E-state index >= 15 is 0 Å². The Bertz CT molecular complexity index is 658. The molecule has 5 heteroatoms.